The third-order valence-corrected chi connectivity index (χ3v) is 2.63. The Morgan fingerprint density at radius 2 is 2.35 bits per heavy atom. The van der Waals surface area contributed by atoms with Crippen LogP contribution in [0.5, 0.6) is 0 Å². The third-order valence-electron chi connectivity index (χ3n) is 2.28. The minimum Gasteiger partial charge on any atom is -0.245 e. The molecule has 5 nitrogen and oxygen atoms in total. The third kappa shape index (κ3) is 2.12. The molecule has 0 bridgehead atoms. The molecule has 0 aromatic carbocycles. The smallest absolute Gasteiger partial charge is 0.158 e. The van der Waals surface area contributed by atoms with Crippen LogP contribution in [-0.2, 0) is 6.42 Å². The van der Waals surface area contributed by atoms with Crippen LogP contribution >= 0.6 is 11.6 Å². The van der Waals surface area contributed by atoms with Crippen LogP contribution in [0.3, 0.4) is 0 Å². The molecule has 0 atom stereocenters. The highest BCUT2D eigenvalue weighted by atomic mass is 35.5. The van der Waals surface area contributed by atoms with Gasteiger partial charge < -0.3 is 0 Å². The van der Waals surface area contributed by atoms with Crippen molar-refractivity contribution in [2.75, 3.05) is 0 Å². The summed E-state index contributed by atoms with van der Waals surface area (Å²) in [5.74, 6) is 0.559. The Hall–Kier alpha value is -1.93. The molecule has 0 N–H and O–H groups in total. The standard InChI is InChI=1S/C11H10ClN5/c1-2-3-9-8(6-13)11(12)17(16-9)10-4-5-14-7-15-10/h4-5,7H,2-3H2,1H3. The Morgan fingerprint density at radius 1 is 1.53 bits per heavy atom. The van der Waals surface area contributed by atoms with Gasteiger partial charge in [0.2, 0.25) is 0 Å². The lowest BCUT2D eigenvalue weighted by Crippen LogP contribution is -2.00. The second-order valence-electron chi connectivity index (χ2n) is 3.45. The van der Waals surface area contributed by atoms with Crippen molar-refractivity contribution >= 4 is 11.6 Å². The van der Waals surface area contributed by atoms with Gasteiger partial charge in [0, 0.05) is 12.3 Å². The monoisotopic (exact) mass is 247 g/mol. The van der Waals surface area contributed by atoms with Crippen LogP contribution in [0.4, 0.5) is 0 Å². The van der Waals surface area contributed by atoms with Crippen molar-refractivity contribution < 1.29 is 0 Å². The lowest BCUT2D eigenvalue weighted by molar-refractivity contribution is 0.787. The van der Waals surface area contributed by atoms with Crippen molar-refractivity contribution in [1.82, 2.24) is 19.7 Å². The summed E-state index contributed by atoms with van der Waals surface area (Å²) in [6.45, 7) is 2.03. The molecule has 0 saturated carbocycles. The van der Waals surface area contributed by atoms with Crippen LogP contribution in [0.25, 0.3) is 5.82 Å². The van der Waals surface area contributed by atoms with Crippen molar-refractivity contribution in [3.63, 3.8) is 0 Å². The van der Waals surface area contributed by atoms with E-state index in [-0.39, 0.29) is 0 Å². The maximum Gasteiger partial charge on any atom is 0.158 e. The lowest BCUT2D eigenvalue weighted by Gasteiger charge is -1.99. The maximum absolute atomic E-state index is 9.07. The molecule has 2 rings (SSSR count). The molecule has 0 radical (unpaired) electrons. The van der Waals surface area contributed by atoms with E-state index in [2.05, 4.69) is 21.1 Å². The highest BCUT2D eigenvalue weighted by Crippen LogP contribution is 2.22. The van der Waals surface area contributed by atoms with E-state index in [1.807, 2.05) is 6.92 Å². The molecular formula is C11H10ClN5. The second-order valence-corrected chi connectivity index (χ2v) is 3.81. The molecule has 2 aromatic rings. The van der Waals surface area contributed by atoms with Crippen LogP contribution in [0.15, 0.2) is 18.6 Å². The Balaban J connectivity index is 2.54. The average Bonchev–Trinajstić information content (AvgIpc) is 2.67. The van der Waals surface area contributed by atoms with Crippen LogP contribution in [0, 0.1) is 11.3 Å². The topological polar surface area (TPSA) is 67.4 Å². The average molecular weight is 248 g/mol. The van der Waals surface area contributed by atoms with Crippen LogP contribution in [-0.4, -0.2) is 19.7 Å². The van der Waals surface area contributed by atoms with Gasteiger partial charge in [0.25, 0.3) is 0 Å². The molecule has 0 aliphatic carbocycles. The molecule has 0 aliphatic rings. The minimum atomic E-state index is 0.301. The Kier molecular flexibility index (Phi) is 3.35. The normalized spacial score (nSPS) is 10.2. The molecule has 0 spiro atoms. The SMILES string of the molecule is CCCc1nn(-c2ccncn2)c(Cl)c1C#N. The second kappa shape index (κ2) is 4.93. The predicted octanol–water partition coefficient (Wildman–Crippen LogP) is 2.14. The first-order chi connectivity index (χ1) is 8.27. The number of hydrogen-bond donors (Lipinski definition) is 0. The number of aryl methyl sites for hydroxylation is 1. The van der Waals surface area contributed by atoms with Gasteiger partial charge in [0.05, 0.1) is 5.69 Å². The number of hydrogen-bond acceptors (Lipinski definition) is 4. The van der Waals surface area contributed by atoms with Gasteiger partial charge in [0.1, 0.15) is 18.0 Å². The summed E-state index contributed by atoms with van der Waals surface area (Å²) < 4.78 is 1.47. The van der Waals surface area contributed by atoms with E-state index < -0.39 is 0 Å². The van der Waals surface area contributed by atoms with Gasteiger partial charge in [-0.25, -0.2) is 14.6 Å². The first-order valence-electron chi connectivity index (χ1n) is 5.21. The molecule has 86 valence electrons. The molecule has 0 unspecified atom stereocenters. The quantitative estimate of drug-likeness (QED) is 0.833. The van der Waals surface area contributed by atoms with Crippen LogP contribution in [0.1, 0.15) is 24.6 Å². The molecule has 0 aliphatic heterocycles. The summed E-state index contributed by atoms with van der Waals surface area (Å²) in [5.41, 5.74) is 1.13. The van der Waals surface area contributed by atoms with Crippen LogP contribution < -0.4 is 0 Å². The van der Waals surface area contributed by atoms with Gasteiger partial charge in [0.15, 0.2) is 11.0 Å². The fourth-order valence-electron chi connectivity index (χ4n) is 1.52. The van der Waals surface area contributed by atoms with E-state index in [1.165, 1.54) is 11.0 Å². The molecule has 2 aromatic heterocycles. The van der Waals surface area contributed by atoms with Crippen molar-refractivity contribution in [2.24, 2.45) is 0 Å². The zero-order valence-electron chi connectivity index (χ0n) is 9.26. The first-order valence-corrected chi connectivity index (χ1v) is 5.59. The molecular weight excluding hydrogens is 238 g/mol. The number of aromatic nitrogens is 4. The van der Waals surface area contributed by atoms with Crippen molar-refractivity contribution in [3.05, 3.63) is 35.0 Å². The molecule has 0 amide bonds. The van der Waals surface area contributed by atoms with E-state index in [0.717, 1.165) is 12.8 Å². The zero-order valence-corrected chi connectivity index (χ0v) is 10.0. The molecule has 0 fully saturated rings. The van der Waals surface area contributed by atoms with Gasteiger partial charge in [-0.2, -0.15) is 10.4 Å². The summed E-state index contributed by atoms with van der Waals surface area (Å²) >= 11 is 6.12. The van der Waals surface area contributed by atoms with E-state index >= 15 is 0 Å². The number of nitriles is 1. The fraction of sp³-hybridized carbons (Fsp3) is 0.273. The van der Waals surface area contributed by atoms with Crippen molar-refractivity contribution in [2.45, 2.75) is 19.8 Å². The highest BCUT2D eigenvalue weighted by Gasteiger charge is 2.16. The van der Waals surface area contributed by atoms with Gasteiger partial charge >= 0.3 is 0 Å². The summed E-state index contributed by atoms with van der Waals surface area (Å²) in [6, 6.07) is 3.77. The summed E-state index contributed by atoms with van der Waals surface area (Å²) in [4.78, 5) is 7.88. The highest BCUT2D eigenvalue weighted by molar-refractivity contribution is 6.31. The van der Waals surface area contributed by atoms with E-state index in [9.17, 15) is 0 Å². The molecule has 17 heavy (non-hydrogen) atoms. The van der Waals surface area contributed by atoms with Gasteiger partial charge in [-0.1, -0.05) is 24.9 Å². The lowest BCUT2D eigenvalue weighted by atomic mass is 10.2. The summed E-state index contributed by atoms with van der Waals surface area (Å²) in [7, 11) is 0. The van der Waals surface area contributed by atoms with Gasteiger partial charge in [-0.3, -0.25) is 0 Å². The van der Waals surface area contributed by atoms with Crippen molar-refractivity contribution in [1.29, 1.82) is 5.26 Å². The minimum absolute atomic E-state index is 0.301. The molecule has 0 saturated heterocycles. The predicted molar refractivity (Wildman–Crippen MR) is 62.9 cm³/mol. The first kappa shape index (κ1) is 11.6. The van der Waals surface area contributed by atoms with E-state index in [0.29, 0.717) is 22.2 Å². The maximum atomic E-state index is 9.07. The van der Waals surface area contributed by atoms with Crippen molar-refractivity contribution in [3.8, 4) is 11.9 Å². The number of nitrogens with zero attached hydrogens (tertiary/aromatic N) is 5. The van der Waals surface area contributed by atoms with E-state index in [1.54, 1.807) is 12.3 Å². The fourth-order valence-corrected chi connectivity index (χ4v) is 1.80. The summed E-state index contributed by atoms with van der Waals surface area (Å²) in [5, 5.41) is 13.7. The van der Waals surface area contributed by atoms with E-state index in [4.69, 9.17) is 16.9 Å². The van der Waals surface area contributed by atoms with Crippen LogP contribution in [0.2, 0.25) is 5.15 Å². The molecule has 6 heteroatoms. The number of rotatable bonds is 3. The zero-order chi connectivity index (χ0) is 12.3. The number of halogens is 1. The van der Waals surface area contributed by atoms with Gasteiger partial charge in [-0.15, -0.1) is 0 Å². The Labute approximate surface area is 104 Å². The Bertz CT molecular complexity index is 555. The summed E-state index contributed by atoms with van der Waals surface area (Å²) in [6.07, 6.45) is 4.65. The Morgan fingerprint density at radius 3 is 2.94 bits per heavy atom. The van der Waals surface area contributed by atoms with Gasteiger partial charge in [-0.05, 0) is 6.42 Å². The molecule has 2 heterocycles. The largest absolute Gasteiger partial charge is 0.245 e.